The van der Waals surface area contributed by atoms with Gasteiger partial charge in [0, 0.05) is 31.5 Å². The van der Waals surface area contributed by atoms with E-state index in [1.54, 1.807) is 0 Å². The number of halogens is 2. The number of benzene rings is 1. The van der Waals surface area contributed by atoms with Gasteiger partial charge in [0.25, 0.3) is 0 Å². The Bertz CT molecular complexity index is 697. The summed E-state index contributed by atoms with van der Waals surface area (Å²) in [4.78, 5) is 17.5. The molecule has 150 valence electrons. The lowest BCUT2D eigenvalue weighted by atomic mass is 9.75. The van der Waals surface area contributed by atoms with Crippen molar-refractivity contribution in [3.8, 4) is 11.5 Å². The molecule has 2 N–H and O–H groups in total. The summed E-state index contributed by atoms with van der Waals surface area (Å²) < 4.78 is 11.0. The lowest BCUT2D eigenvalue weighted by Crippen LogP contribution is -2.60. The Morgan fingerprint density at radius 1 is 1.11 bits per heavy atom. The average molecular weight is 416 g/mol. The van der Waals surface area contributed by atoms with Crippen molar-refractivity contribution < 1.29 is 14.3 Å². The molecule has 0 saturated carbocycles. The second-order valence-corrected chi connectivity index (χ2v) is 7.66. The van der Waals surface area contributed by atoms with Crippen molar-refractivity contribution in [3.63, 3.8) is 0 Å². The van der Waals surface area contributed by atoms with Crippen LogP contribution in [-0.4, -0.2) is 60.8 Å². The predicted molar refractivity (Wildman–Crippen MR) is 107 cm³/mol. The number of likely N-dealkylation sites (tertiary alicyclic amines) is 1. The van der Waals surface area contributed by atoms with Gasteiger partial charge in [0.2, 0.25) is 12.7 Å². The molecule has 1 aromatic carbocycles. The van der Waals surface area contributed by atoms with Crippen molar-refractivity contribution in [2.45, 2.75) is 37.3 Å². The lowest BCUT2D eigenvalue weighted by Gasteiger charge is -2.51. The second-order valence-electron chi connectivity index (χ2n) is 7.66. The van der Waals surface area contributed by atoms with Gasteiger partial charge in [0.15, 0.2) is 11.5 Å². The van der Waals surface area contributed by atoms with Gasteiger partial charge in [-0.25, -0.2) is 0 Å². The number of carbonyl (C=O) groups excluding carboxylic acids is 1. The van der Waals surface area contributed by atoms with Gasteiger partial charge in [-0.2, -0.15) is 0 Å². The number of hydrogen-bond donors (Lipinski definition) is 1. The van der Waals surface area contributed by atoms with E-state index < -0.39 is 0 Å². The molecule has 5 aliphatic heterocycles. The van der Waals surface area contributed by atoms with Gasteiger partial charge in [-0.1, -0.05) is 6.07 Å². The summed E-state index contributed by atoms with van der Waals surface area (Å²) in [6.45, 7) is 3.83. The van der Waals surface area contributed by atoms with E-state index in [1.807, 2.05) is 6.07 Å². The summed E-state index contributed by atoms with van der Waals surface area (Å²) in [5.41, 5.74) is 6.92. The van der Waals surface area contributed by atoms with E-state index in [9.17, 15) is 4.79 Å². The molecule has 1 amide bonds. The highest BCUT2D eigenvalue weighted by Crippen LogP contribution is 2.48. The van der Waals surface area contributed by atoms with E-state index in [0.29, 0.717) is 43.7 Å². The zero-order valence-electron chi connectivity index (χ0n) is 15.2. The number of nitrogens with two attached hydrogens (primary N) is 1. The van der Waals surface area contributed by atoms with Crippen LogP contribution in [0.25, 0.3) is 0 Å². The van der Waals surface area contributed by atoms with Crippen molar-refractivity contribution in [1.82, 2.24) is 9.80 Å². The number of nitrogens with zero attached hydrogens (tertiary/aromatic N) is 2. The highest BCUT2D eigenvalue weighted by molar-refractivity contribution is 5.85. The monoisotopic (exact) mass is 415 g/mol. The minimum absolute atomic E-state index is 0. The van der Waals surface area contributed by atoms with Gasteiger partial charge in [-0.3, -0.25) is 9.69 Å². The van der Waals surface area contributed by atoms with E-state index in [-0.39, 0.29) is 30.7 Å². The van der Waals surface area contributed by atoms with Crippen LogP contribution in [-0.2, 0) is 4.79 Å². The predicted octanol–water partition coefficient (Wildman–Crippen LogP) is 2.00. The van der Waals surface area contributed by atoms with Crippen molar-refractivity contribution in [1.29, 1.82) is 0 Å². The SMILES string of the molecule is Cl.Cl.NCCC(=O)N1C[C@H](c2ccc3c(c2)OCO3)[C@@H]2[C@H]1C1CCN2CC1. The number of amides is 1. The highest BCUT2D eigenvalue weighted by atomic mass is 35.5. The van der Waals surface area contributed by atoms with Crippen molar-refractivity contribution in [2.75, 3.05) is 33.0 Å². The van der Waals surface area contributed by atoms with Crippen molar-refractivity contribution >= 4 is 30.7 Å². The zero-order valence-corrected chi connectivity index (χ0v) is 16.8. The van der Waals surface area contributed by atoms with Crippen LogP contribution in [0, 0.1) is 5.92 Å². The van der Waals surface area contributed by atoms with Gasteiger partial charge in [0.1, 0.15) is 0 Å². The van der Waals surface area contributed by atoms with Crippen molar-refractivity contribution in [2.24, 2.45) is 11.7 Å². The summed E-state index contributed by atoms with van der Waals surface area (Å²) in [5, 5.41) is 0. The summed E-state index contributed by atoms with van der Waals surface area (Å²) in [7, 11) is 0. The second kappa shape index (κ2) is 8.03. The summed E-state index contributed by atoms with van der Waals surface area (Å²) in [6, 6.07) is 7.04. The third-order valence-electron chi connectivity index (χ3n) is 6.50. The first-order chi connectivity index (χ1) is 12.3. The average Bonchev–Trinajstić information content (AvgIpc) is 3.28. The number of carbonyl (C=O) groups is 1. The Labute approximate surface area is 172 Å². The molecule has 5 aliphatic rings. The fourth-order valence-corrected chi connectivity index (χ4v) is 5.41. The highest BCUT2D eigenvalue weighted by Gasteiger charge is 2.54. The van der Waals surface area contributed by atoms with Crippen LogP contribution < -0.4 is 15.2 Å². The molecule has 8 heteroatoms. The fraction of sp³-hybridized carbons (Fsp3) is 0.632. The van der Waals surface area contributed by atoms with E-state index in [4.69, 9.17) is 15.2 Å². The standard InChI is InChI=1S/C19H25N3O3.2ClH/c20-6-3-17(23)22-10-14(13-1-2-15-16(9-13)25-11-24-15)19-18(22)12-4-7-21(19)8-5-12;;/h1-2,9,12,14,18-19H,3-8,10-11,20H2;2*1H/t14-,18-,19-;;/m1../s1. The first kappa shape index (κ1) is 20.5. The van der Waals surface area contributed by atoms with Gasteiger partial charge in [-0.05, 0) is 49.5 Å². The number of piperidine rings is 3. The van der Waals surface area contributed by atoms with Gasteiger partial charge >= 0.3 is 0 Å². The van der Waals surface area contributed by atoms with Crippen LogP contribution in [0.3, 0.4) is 0 Å². The fourth-order valence-electron chi connectivity index (χ4n) is 5.41. The molecule has 5 heterocycles. The molecule has 6 rings (SSSR count). The summed E-state index contributed by atoms with van der Waals surface area (Å²) >= 11 is 0. The molecule has 0 spiro atoms. The van der Waals surface area contributed by atoms with Crippen LogP contribution in [0.1, 0.15) is 30.7 Å². The molecule has 6 nitrogen and oxygen atoms in total. The van der Waals surface area contributed by atoms with E-state index in [2.05, 4.69) is 21.9 Å². The van der Waals surface area contributed by atoms with Gasteiger partial charge in [-0.15, -0.1) is 24.8 Å². The third kappa shape index (κ3) is 3.27. The Hall–Kier alpha value is -1.21. The maximum atomic E-state index is 12.7. The molecule has 0 aromatic heterocycles. The van der Waals surface area contributed by atoms with Crippen LogP contribution >= 0.6 is 24.8 Å². The Morgan fingerprint density at radius 3 is 2.59 bits per heavy atom. The quantitative estimate of drug-likeness (QED) is 0.817. The van der Waals surface area contributed by atoms with Gasteiger partial charge in [0.05, 0.1) is 6.04 Å². The maximum absolute atomic E-state index is 12.7. The van der Waals surface area contributed by atoms with E-state index >= 15 is 0 Å². The van der Waals surface area contributed by atoms with E-state index in [0.717, 1.165) is 31.1 Å². The third-order valence-corrected chi connectivity index (χ3v) is 6.50. The minimum Gasteiger partial charge on any atom is -0.454 e. The molecule has 3 atom stereocenters. The normalized spacial score (nSPS) is 32.5. The molecule has 0 unspecified atom stereocenters. The molecule has 0 radical (unpaired) electrons. The van der Waals surface area contributed by atoms with Gasteiger partial charge < -0.3 is 20.1 Å². The number of rotatable bonds is 3. The summed E-state index contributed by atoms with van der Waals surface area (Å²) in [6.07, 6.45) is 2.87. The minimum atomic E-state index is 0. The largest absolute Gasteiger partial charge is 0.454 e. The van der Waals surface area contributed by atoms with Crippen molar-refractivity contribution in [3.05, 3.63) is 23.8 Å². The zero-order chi connectivity index (χ0) is 17.0. The smallest absolute Gasteiger partial charge is 0.231 e. The molecular formula is C19H27Cl2N3O3. The molecule has 4 fully saturated rings. The lowest BCUT2D eigenvalue weighted by molar-refractivity contribution is -0.135. The molecule has 4 saturated heterocycles. The number of hydrogen-bond acceptors (Lipinski definition) is 5. The summed E-state index contributed by atoms with van der Waals surface area (Å²) in [5.74, 6) is 2.84. The Kier molecular flexibility index (Phi) is 6.11. The topological polar surface area (TPSA) is 68.0 Å². The molecule has 27 heavy (non-hydrogen) atoms. The Morgan fingerprint density at radius 2 is 1.85 bits per heavy atom. The Balaban J connectivity index is 0.00000105. The molecular weight excluding hydrogens is 389 g/mol. The van der Waals surface area contributed by atoms with Crippen LogP contribution in [0.5, 0.6) is 11.5 Å². The first-order valence-corrected chi connectivity index (χ1v) is 9.39. The van der Waals surface area contributed by atoms with Crippen LogP contribution in [0.15, 0.2) is 18.2 Å². The van der Waals surface area contributed by atoms with Crippen LogP contribution in [0.4, 0.5) is 0 Å². The maximum Gasteiger partial charge on any atom is 0.231 e. The van der Waals surface area contributed by atoms with Crippen LogP contribution in [0.2, 0.25) is 0 Å². The molecule has 1 aromatic rings. The number of fused-ring (bicyclic) bond motifs is 3. The number of ether oxygens (including phenoxy) is 2. The molecule has 2 bridgehead atoms. The van der Waals surface area contributed by atoms with E-state index in [1.165, 1.54) is 18.4 Å². The molecule has 0 aliphatic carbocycles. The first-order valence-electron chi connectivity index (χ1n) is 9.39.